The second-order valence-corrected chi connectivity index (χ2v) is 3.40. The van der Waals surface area contributed by atoms with Crippen LogP contribution in [0.1, 0.15) is 5.89 Å². The molecule has 0 radical (unpaired) electrons. The van der Waals surface area contributed by atoms with Crippen molar-refractivity contribution in [2.75, 3.05) is 13.7 Å². The van der Waals surface area contributed by atoms with Crippen LogP contribution in [0.25, 0.3) is 11.4 Å². The van der Waals surface area contributed by atoms with Crippen molar-refractivity contribution in [3.63, 3.8) is 0 Å². The zero-order valence-electron chi connectivity index (χ0n) is 9.31. The van der Waals surface area contributed by atoms with Gasteiger partial charge < -0.3 is 15.0 Å². The van der Waals surface area contributed by atoms with E-state index in [-0.39, 0.29) is 5.82 Å². The van der Waals surface area contributed by atoms with E-state index in [1.54, 1.807) is 0 Å². The van der Waals surface area contributed by atoms with Crippen molar-refractivity contribution < 1.29 is 13.7 Å². The number of nitrogens with two attached hydrogens (primary N) is 1. The van der Waals surface area contributed by atoms with Crippen molar-refractivity contribution in [2.45, 2.75) is 6.42 Å². The fourth-order valence-corrected chi connectivity index (χ4v) is 1.44. The number of nitrogens with zero attached hydrogens (tertiary/aromatic N) is 2. The molecule has 90 valence electrons. The molecule has 0 saturated heterocycles. The molecule has 1 aromatic carbocycles. The molecule has 2 rings (SSSR count). The molecule has 0 bridgehead atoms. The summed E-state index contributed by atoms with van der Waals surface area (Å²) < 4.78 is 23.3. The van der Waals surface area contributed by atoms with E-state index >= 15 is 0 Å². The summed E-state index contributed by atoms with van der Waals surface area (Å²) in [6.07, 6.45) is 0.491. The van der Waals surface area contributed by atoms with Crippen LogP contribution in [-0.4, -0.2) is 23.8 Å². The molecule has 5 nitrogen and oxygen atoms in total. The third kappa shape index (κ3) is 2.42. The first-order valence-electron chi connectivity index (χ1n) is 5.11. The highest BCUT2D eigenvalue weighted by molar-refractivity contribution is 5.63. The van der Waals surface area contributed by atoms with Crippen LogP contribution in [0.2, 0.25) is 0 Å². The van der Waals surface area contributed by atoms with E-state index in [0.717, 1.165) is 0 Å². The molecule has 0 atom stereocenters. The van der Waals surface area contributed by atoms with Crippen LogP contribution in [0.5, 0.6) is 5.75 Å². The Morgan fingerprint density at radius 1 is 1.47 bits per heavy atom. The normalized spacial score (nSPS) is 10.5. The summed E-state index contributed by atoms with van der Waals surface area (Å²) in [5.74, 6) is 0.830. The van der Waals surface area contributed by atoms with Crippen molar-refractivity contribution in [2.24, 2.45) is 5.73 Å². The number of methoxy groups -OCH3 is 1. The van der Waals surface area contributed by atoms with E-state index in [9.17, 15) is 4.39 Å². The Hall–Kier alpha value is -1.95. The Morgan fingerprint density at radius 2 is 2.29 bits per heavy atom. The van der Waals surface area contributed by atoms with Gasteiger partial charge in [-0.25, -0.2) is 4.39 Å². The Labute approximate surface area is 97.4 Å². The average Bonchev–Trinajstić information content (AvgIpc) is 2.78. The molecule has 0 unspecified atom stereocenters. The van der Waals surface area contributed by atoms with Gasteiger partial charge in [0.05, 0.1) is 12.7 Å². The summed E-state index contributed by atoms with van der Waals surface area (Å²) in [6, 6.07) is 4.13. The molecule has 1 heterocycles. The van der Waals surface area contributed by atoms with E-state index < -0.39 is 0 Å². The summed E-state index contributed by atoms with van der Waals surface area (Å²) >= 11 is 0. The second-order valence-electron chi connectivity index (χ2n) is 3.40. The standard InChI is InChI=1S/C11H12FN3O2/c1-16-9-3-2-7(12)6-8(9)11-14-10(4-5-13)17-15-11/h2-3,6H,4-5,13H2,1H3. The van der Waals surface area contributed by atoms with Gasteiger partial charge in [0.2, 0.25) is 11.7 Å². The van der Waals surface area contributed by atoms with Crippen molar-refractivity contribution in [1.29, 1.82) is 0 Å². The monoisotopic (exact) mass is 237 g/mol. The quantitative estimate of drug-likeness (QED) is 0.869. The SMILES string of the molecule is COc1ccc(F)cc1-c1noc(CCN)n1. The minimum atomic E-state index is -0.383. The molecule has 0 spiro atoms. The predicted molar refractivity (Wildman–Crippen MR) is 59.0 cm³/mol. The van der Waals surface area contributed by atoms with Crippen molar-refractivity contribution in [1.82, 2.24) is 10.1 Å². The number of benzene rings is 1. The molecular formula is C11H12FN3O2. The number of ether oxygens (including phenoxy) is 1. The maximum absolute atomic E-state index is 13.2. The van der Waals surface area contributed by atoms with Gasteiger partial charge in [0.25, 0.3) is 0 Å². The fourth-order valence-electron chi connectivity index (χ4n) is 1.44. The largest absolute Gasteiger partial charge is 0.496 e. The molecule has 6 heteroatoms. The lowest BCUT2D eigenvalue weighted by Gasteiger charge is -2.04. The van der Waals surface area contributed by atoms with Crippen LogP contribution < -0.4 is 10.5 Å². The lowest BCUT2D eigenvalue weighted by atomic mass is 10.2. The van der Waals surface area contributed by atoms with Crippen LogP contribution in [0.3, 0.4) is 0 Å². The second kappa shape index (κ2) is 4.92. The number of halogens is 1. The molecule has 2 N–H and O–H groups in total. The van der Waals surface area contributed by atoms with Gasteiger partial charge >= 0.3 is 0 Å². The minimum absolute atomic E-state index is 0.296. The fraction of sp³-hybridized carbons (Fsp3) is 0.273. The van der Waals surface area contributed by atoms with Crippen molar-refractivity contribution in [3.8, 4) is 17.1 Å². The Balaban J connectivity index is 2.40. The Bertz CT molecular complexity index is 513. The van der Waals surface area contributed by atoms with E-state index in [1.165, 1.54) is 25.3 Å². The van der Waals surface area contributed by atoms with Crippen LogP contribution in [-0.2, 0) is 6.42 Å². The van der Waals surface area contributed by atoms with Gasteiger partial charge in [-0.3, -0.25) is 0 Å². The third-order valence-electron chi connectivity index (χ3n) is 2.23. The van der Waals surface area contributed by atoms with E-state index in [4.69, 9.17) is 15.0 Å². The maximum atomic E-state index is 13.2. The van der Waals surface area contributed by atoms with E-state index in [1.807, 2.05) is 0 Å². The molecule has 17 heavy (non-hydrogen) atoms. The van der Waals surface area contributed by atoms with Gasteiger partial charge in [-0.1, -0.05) is 5.16 Å². The molecule has 2 aromatic rings. The van der Waals surface area contributed by atoms with Crippen LogP contribution in [0.15, 0.2) is 22.7 Å². The van der Waals surface area contributed by atoms with Crippen molar-refractivity contribution >= 4 is 0 Å². The van der Waals surface area contributed by atoms with Crippen LogP contribution in [0.4, 0.5) is 4.39 Å². The summed E-state index contributed by atoms with van der Waals surface area (Å²) in [4.78, 5) is 4.12. The molecule has 0 saturated carbocycles. The smallest absolute Gasteiger partial charge is 0.228 e. The molecule has 0 aliphatic rings. The van der Waals surface area contributed by atoms with E-state index in [0.29, 0.717) is 36.0 Å². The van der Waals surface area contributed by atoms with Gasteiger partial charge in [-0.05, 0) is 18.2 Å². The van der Waals surface area contributed by atoms with Gasteiger partial charge in [0.15, 0.2) is 0 Å². The molecule has 1 aromatic heterocycles. The zero-order valence-corrected chi connectivity index (χ0v) is 9.31. The lowest BCUT2D eigenvalue weighted by molar-refractivity contribution is 0.379. The van der Waals surface area contributed by atoms with Gasteiger partial charge in [0, 0.05) is 13.0 Å². The highest BCUT2D eigenvalue weighted by Crippen LogP contribution is 2.28. The molecule has 0 fully saturated rings. The minimum Gasteiger partial charge on any atom is -0.496 e. The van der Waals surface area contributed by atoms with Gasteiger partial charge in [0.1, 0.15) is 11.6 Å². The first kappa shape index (κ1) is 11.5. The number of hydrogen-bond acceptors (Lipinski definition) is 5. The van der Waals surface area contributed by atoms with Gasteiger partial charge in [-0.15, -0.1) is 0 Å². The topological polar surface area (TPSA) is 74.2 Å². The number of aromatic nitrogens is 2. The highest BCUT2D eigenvalue weighted by atomic mass is 19.1. The molecule has 0 aliphatic heterocycles. The molecular weight excluding hydrogens is 225 g/mol. The summed E-state index contributed by atoms with van der Waals surface area (Å²) in [5, 5.41) is 3.77. The lowest BCUT2D eigenvalue weighted by Crippen LogP contribution is -2.02. The Kier molecular flexibility index (Phi) is 3.34. The zero-order chi connectivity index (χ0) is 12.3. The summed E-state index contributed by atoms with van der Waals surface area (Å²) in [5.41, 5.74) is 5.83. The molecule has 0 amide bonds. The highest BCUT2D eigenvalue weighted by Gasteiger charge is 2.13. The predicted octanol–water partition coefficient (Wildman–Crippen LogP) is 1.39. The van der Waals surface area contributed by atoms with Gasteiger partial charge in [-0.2, -0.15) is 4.98 Å². The van der Waals surface area contributed by atoms with E-state index in [2.05, 4.69) is 10.1 Å². The molecule has 0 aliphatic carbocycles. The first-order chi connectivity index (χ1) is 8.24. The third-order valence-corrected chi connectivity index (χ3v) is 2.23. The summed E-state index contributed by atoms with van der Waals surface area (Å²) in [6.45, 7) is 0.419. The first-order valence-corrected chi connectivity index (χ1v) is 5.11. The Morgan fingerprint density at radius 3 is 3.00 bits per heavy atom. The maximum Gasteiger partial charge on any atom is 0.228 e. The number of rotatable bonds is 4. The van der Waals surface area contributed by atoms with Crippen LogP contribution >= 0.6 is 0 Å². The van der Waals surface area contributed by atoms with Crippen molar-refractivity contribution in [3.05, 3.63) is 29.9 Å². The van der Waals surface area contributed by atoms with Crippen LogP contribution in [0, 0.1) is 5.82 Å². The summed E-state index contributed by atoms with van der Waals surface area (Å²) in [7, 11) is 1.50. The number of hydrogen-bond donors (Lipinski definition) is 1. The average molecular weight is 237 g/mol.